The quantitative estimate of drug-likeness (QED) is 0.676. The molecule has 2 amide bonds. The van der Waals surface area contributed by atoms with E-state index in [4.69, 9.17) is 23.2 Å². The molecular weight excluding hydrogens is 337 g/mol. The van der Waals surface area contributed by atoms with Crippen LogP contribution in [0.2, 0.25) is 0 Å². The molecule has 0 unspecified atom stereocenters. The van der Waals surface area contributed by atoms with Crippen molar-refractivity contribution in [1.82, 2.24) is 4.90 Å². The fourth-order valence-electron chi connectivity index (χ4n) is 2.69. The molecule has 1 heterocycles. The Bertz CT molecular complexity index is 744. The van der Waals surface area contributed by atoms with Gasteiger partial charge in [0.05, 0.1) is 29.4 Å². The number of phenolic OH excluding ortho intramolecular Hbond substituents is 1. The maximum absolute atomic E-state index is 12.4. The number of halogens is 2. The van der Waals surface area contributed by atoms with Crippen LogP contribution in [0, 0.1) is 0 Å². The molecule has 0 saturated carbocycles. The highest BCUT2D eigenvalue weighted by Crippen LogP contribution is 2.30. The second-order valence-electron chi connectivity index (χ2n) is 5.27. The molecule has 2 aromatic rings. The molecule has 0 fully saturated rings. The van der Waals surface area contributed by atoms with Crippen molar-refractivity contribution in [3.63, 3.8) is 0 Å². The third kappa shape index (κ3) is 2.69. The molecule has 118 valence electrons. The summed E-state index contributed by atoms with van der Waals surface area (Å²) in [4.78, 5) is 26.0. The highest BCUT2D eigenvalue weighted by Gasteiger charge is 2.35. The summed E-state index contributed by atoms with van der Waals surface area (Å²) in [6, 6.07) is 10.1. The van der Waals surface area contributed by atoms with Gasteiger partial charge in [-0.05, 0) is 29.8 Å². The lowest BCUT2D eigenvalue weighted by Crippen LogP contribution is -2.29. The number of nitrogens with zero attached hydrogens (tertiary/aromatic N) is 1. The molecule has 2 aromatic carbocycles. The molecule has 0 atom stereocenters. The molecule has 1 aliphatic rings. The van der Waals surface area contributed by atoms with Crippen LogP contribution in [0.1, 0.15) is 37.4 Å². The summed E-state index contributed by atoms with van der Waals surface area (Å²) in [5.41, 5.74) is 2.56. The first-order valence-corrected chi connectivity index (χ1v) is 8.04. The zero-order valence-corrected chi connectivity index (χ0v) is 13.6. The zero-order chi connectivity index (χ0) is 16.6. The number of alkyl halides is 2. The van der Waals surface area contributed by atoms with E-state index in [0.717, 1.165) is 0 Å². The summed E-state index contributed by atoms with van der Waals surface area (Å²) in [5.74, 6) is -0.352. The minimum absolute atomic E-state index is 0.0566. The fourth-order valence-corrected chi connectivity index (χ4v) is 3.10. The van der Waals surface area contributed by atoms with E-state index in [0.29, 0.717) is 27.8 Å². The van der Waals surface area contributed by atoms with Crippen molar-refractivity contribution in [2.45, 2.75) is 18.3 Å². The molecule has 1 N–H and O–H groups in total. The van der Waals surface area contributed by atoms with E-state index in [9.17, 15) is 14.7 Å². The Hall–Kier alpha value is -2.04. The lowest BCUT2D eigenvalue weighted by atomic mass is 10.1. The number of imide groups is 1. The van der Waals surface area contributed by atoms with E-state index in [-0.39, 0.29) is 35.9 Å². The van der Waals surface area contributed by atoms with Gasteiger partial charge in [0.15, 0.2) is 0 Å². The van der Waals surface area contributed by atoms with Crippen LogP contribution in [-0.2, 0) is 18.3 Å². The van der Waals surface area contributed by atoms with Crippen molar-refractivity contribution in [3.05, 3.63) is 64.2 Å². The van der Waals surface area contributed by atoms with Crippen LogP contribution in [0.25, 0.3) is 0 Å². The average molecular weight is 350 g/mol. The van der Waals surface area contributed by atoms with Gasteiger partial charge in [-0.3, -0.25) is 14.5 Å². The van der Waals surface area contributed by atoms with Crippen LogP contribution in [0.15, 0.2) is 36.4 Å². The third-order valence-electron chi connectivity index (χ3n) is 3.83. The Balaban J connectivity index is 1.95. The van der Waals surface area contributed by atoms with Gasteiger partial charge in [-0.2, -0.15) is 0 Å². The highest BCUT2D eigenvalue weighted by atomic mass is 35.5. The number of fused-ring (bicyclic) bond motifs is 1. The van der Waals surface area contributed by atoms with Crippen LogP contribution in [0.5, 0.6) is 5.75 Å². The van der Waals surface area contributed by atoms with E-state index in [1.165, 1.54) is 4.90 Å². The Morgan fingerprint density at radius 3 is 1.83 bits per heavy atom. The SMILES string of the molecule is O=C1c2ccccc2C(=O)N1Cc1cc(CCl)c(O)c(CCl)c1. The molecule has 23 heavy (non-hydrogen) atoms. The van der Waals surface area contributed by atoms with Gasteiger partial charge in [0.1, 0.15) is 5.75 Å². The zero-order valence-electron chi connectivity index (χ0n) is 12.1. The van der Waals surface area contributed by atoms with Gasteiger partial charge in [0.2, 0.25) is 0 Å². The van der Waals surface area contributed by atoms with Crippen molar-refractivity contribution >= 4 is 35.0 Å². The summed E-state index contributed by atoms with van der Waals surface area (Å²) in [5, 5.41) is 10.0. The Labute approximate surface area is 143 Å². The molecule has 0 aromatic heterocycles. The van der Waals surface area contributed by atoms with Gasteiger partial charge < -0.3 is 5.11 Å². The largest absolute Gasteiger partial charge is 0.507 e. The summed E-state index contributed by atoms with van der Waals surface area (Å²) < 4.78 is 0. The number of rotatable bonds is 4. The van der Waals surface area contributed by atoms with Crippen molar-refractivity contribution in [3.8, 4) is 5.75 Å². The van der Waals surface area contributed by atoms with Gasteiger partial charge in [0.25, 0.3) is 11.8 Å². The normalized spacial score (nSPS) is 13.6. The van der Waals surface area contributed by atoms with Crippen LogP contribution in [0.3, 0.4) is 0 Å². The Kier molecular flexibility index (Phi) is 4.28. The van der Waals surface area contributed by atoms with E-state index >= 15 is 0 Å². The van der Waals surface area contributed by atoms with E-state index in [1.807, 2.05) is 0 Å². The molecule has 0 radical (unpaired) electrons. The van der Waals surface area contributed by atoms with Crippen LogP contribution >= 0.6 is 23.2 Å². The first kappa shape index (κ1) is 15.8. The number of amides is 2. The predicted molar refractivity (Wildman–Crippen MR) is 87.9 cm³/mol. The number of hydrogen-bond donors (Lipinski definition) is 1. The van der Waals surface area contributed by atoms with Crippen molar-refractivity contribution in [1.29, 1.82) is 0 Å². The van der Waals surface area contributed by atoms with Crippen LogP contribution in [-0.4, -0.2) is 21.8 Å². The number of hydrogen-bond acceptors (Lipinski definition) is 3. The minimum Gasteiger partial charge on any atom is -0.507 e. The second-order valence-corrected chi connectivity index (χ2v) is 5.81. The van der Waals surface area contributed by atoms with Gasteiger partial charge >= 0.3 is 0 Å². The molecule has 0 aliphatic carbocycles. The highest BCUT2D eigenvalue weighted by molar-refractivity contribution is 6.21. The molecule has 0 saturated heterocycles. The first-order valence-electron chi connectivity index (χ1n) is 6.97. The molecule has 0 bridgehead atoms. The number of carbonyl (C=O) groups excluding carboxylic acids is 2. The number of phenols is 1. The van der Waals surface area contributed by atoms with Crippen LogP contribution < -0.4 is 0 Å². The molecule has 4 nitrogen and oxygen atoms in total. The molecule has 1 aliphatic heterocycles. The molecule has 0 spiro atoms. The van der Waals surface area contributed by atoms with Crippen molar-refractivity contribution in [2.75, 3.05) is 0 Å². The second kappa shape index (κ2) is 6.22. The number of aromatic hydroxyl groups is 1. The number of benzene rings is 2. The van der Waals surface area contributed by atoms with Gasteiger partial charge in [0, 0.05) is 11.1 Å². The predicted octanol–water partition coefficient (Wildman–Crippen LogP) is 3.67. The minimum atomic E-state index is -0.321. The van der Waals surface area contributed by atoms with E-state index in [2.05, 4.69) is 0 Å². The standard InChI is InChI=1S/C17H13Cl2NO3/c18-7-11-5-10(6-12(8-19)15(11)21)9-20-16(22)13-3-1-2-4-14(13)17(20)23/h1-6,21H,7-9H2. The maximum atomic E-state index is 12.4. The molecule has 6 heteroatoms. The monoisotopic (exact) mass is 349 g/mol. The summed E-state index contributed by atoms with van der Waals surface area (Å²) in [7, 11) is 0. The van der Waals surface area contributed by atoms with Gasteiger partial charge in [-0.25, -0.2) is 0 Å². The summed E-state index contributed by atoms with van der Waals surface area (Å²) >= 11 is 11.7. The van der Waals surface area contributed by atoms with Crippen molar-refractivity contribution in [2.24, 2.45) is 0 Å². The lowest BCUT2D eigenvalue weighted by molar-refractivity contribution is 0.0642. The number of carbonyl (C=O) groups is 2. The van der Waals surface area contributed by atoms with E-state index in [1.54, 1.807) is 36.4 Å². The van der Waals surface area contributed by atoms with Gasteiger partial charge in [-0.1, -0.05) is 12.1 Å². The van der Waals surface area contributed by atoms with Gasteiger partial charge in [-0.15, -0.1) is 23.2 Å². The van der Waals surface area contributed by atoms with Crippen molar-refractivity contribution < 1.29 is 14.7 Å². The average Bonchev–Trinajstić information content (AvgIpc) is 2.81. The molecular formula is C17H13Cl2NO3. The Morgan fingerprint density at radius 2 is 1.39 bits per heavy atom. The third-order valence-corrected chi connectivity index (χ3v) is 4.41. The Morgan fingerprint density at radius 1 is 0.913 bits per heavy atom. The lowest BCUT2D eigenvalue weighted by Gasteiger charge is -2.16. The first-order chi connectivity index (χ1) is 11.1. The maximum Gasteiger partial charge on any atom is 0.261 e. The topological polar surface area (TPSA) is 57.6 Å². The summed E-state index contributed by atoms with van der Waals surface area (Å²) in [6.45, 7) is 0.112. The fraction of sp³-hybridized carbons (Fsp3) is 0.176. The van der Waals surface area contributed by atoms with E-state index < -0.39 is 0 Å². The van der Waals surface area contributed by atoms with Crippen LogP contribution in [0.4, 0.5) is 0 Å². The smallest absolute Gasteiger partial charge is 0.261 e. The summed E-state index contributed by atoms with van der Waals surface area (Å²) in [6.07, 6.45) is 0. The molecule has 3 rings (SSSR count).